The fourth-order valence-corrected chi connectivity index (χ4v) is 4.28. The summed E-state index contributed by atoms with van der Waals surface area (Å²) in [7, 11) is 0. The van der Waals surface area contributed by atoms with Gasteiger partial charge >= 0.3 is 0 Å². The topological polar surface area (TPSA) is 39.8 Å². The summed E-state index contributed by atoms with van der Waals surface area (Å²) in [5.41, 5.74) is 3.37. The molecule has 0 aliphatic heterocycles. The van der Waals surface area contributed by atoms with Crippen LogP contribution in [0.2, 0.25) is 0 Å². The third-order valence-electron chi connectivity index (χ3n) is 4.72. The number of thiophene rings is 1. The van der Waals surface area contributed by atoms with Crippen LogP contribution < -0.4 is 10.6 Å². The van der Waals surface area contributed by atoms with Gasteiger partial charge in [-0.3, -0.25) is 0 Å². The van der Waals surface area contributed by atoms with Crippen molar-refractivity contribution in [3.05, 3.63) is 94.1 Å². The number of aromatic nitrogens is 1. The highest BCUT2D eigenvalue weighted by molar-refractivity contribution is 7.80. The molecule has 0 aliphatic carbocycles. The van der Waals surface area contributed by atoms with E-state index in [0.29, 0.717) is 18.2 Å². The van der Waals surface area contributed by atoms with Crippen LogP contribution in [0.3, 0.4) is 0 Å². The van der Waals surface area contributed by atoms with E-state index in [1.807, 2.05) is 6.07 Å². The molecule has 3 N–H and O–H groups in total. The Bertz CT molecular complexity index is 1060. The number of fused-ring (bicyclic) bond motifs is 1. The summed E-state index contributed by atoms with van der Waals surface area (Å²) < 4.78 is 13.0. The fourth-order valence-electron chi connectivity index (χ4n) is 3.28. The van der Waals surface area contributed by atoms with Gasteiger partial charge in [-0.2, -0.15) is 0 Å². The number of H-pyrrole nitrogens is 1. The van der Waals surface area contributed by atoms with Crippen molar-refractivity contribution >= 4 is 39.6 Å². The predicted octanol–water partition coefficient (Wildman–Crippen LogP) is 5.16. The Morgan fingerprint density at radius 2 is 1.86 bits per heavy atom. The van der Waals surface area contributed by atoms with Crippen LogP contribution in [0, 0.1) is 5.82 Å². The number of hydrogen-bond donors (Lipinski definition) is 3. The lowest BCUT2D eigenvalue weighted by Gasteiger charge is -2.18. The van der Waals surface area contributed by atoms with E-state index in [0.717, 1.165) is 11.1 Å². The number of hydrogen-bond acceptors (Lipinski definition) is 2. The average molecular weight is 410 g/mol. The first kappa shape index (κ1) is 18.7. The molecular weight excluding hydrogens is 389 g/mol. The van der Waals surface area contributed by atoms with E-state index in [1.54, 1.807) is 23.5 Å². The Kier molecular flexibility index (Phi) is 5.69. The maximum Gasteiger partial charge on any atom is 0.166 e. The summed E-state index contributed by atoms with van der Waals surface area (Å²) in [6.07, 6.45) is 2.09. The second-order valence-corrected chi connectivity index (χ2v) is 7.94. The maximum absolute atomic E-state index is 13.0. The van der Waals surface area contributed by atoms with Gasteiger partial charge in [0.05, 0.1) is 0 Å². The zero-order chi connectivity index (χ0) is 19.3. The third-order valence-corrected chi connectivity index (χ3v) is 5.99. The van der Waals surface area contributed by atoms with E-state index >= 15 is 0 Å². The molecule has 2 heterocycles. The standard InChI is InChI=1S/C22H20FN3S2/c23-16-9-7-15(8-10-16)12-25-22(27)26-14-19(21-6-3-11-28-21)18-13-24-20-5-2-1-4-17(18)20/h1-11,13,19,24H,12,14H2,(H2,25,26,27)/t19-/m0/s1. The Morgan fingerprint density at radius 3 is 2.64 bits per heavy atom. The van der Waals surface area contributed by atoms with Crippen molar-refractivity contribution in [3.63, 3.8) is 0 Å². The second-order valence-electron chi connectivity index (χ2n) is 6.55. The molecule has 2 aromatic heterocycles. The molecule has 4 rings (SSSR count). The van der Waals surface area contributed by atoms with Crippen LogP contribution in [-0.4, -0.2) is 16.6 Å². The number of halogens is 1. The molecule has 0 radical (unpaired) electrons. The van der Waals surface area contributed by atoms with E-state index in [9.17, 15) is 4.39 Å². The van der Waals surface area contributed by atoms with Gasteiger partial charge in [0.2, 0.25) is 0 Å². The average Bonchev–Trinajstić information content (AvgIpc) is 3.39. The number of aromatic amines is 1. The predicted molar refractivity (Wildman–Crippen MR) is 118 cm³/mol. The Hall–Kier alpha value is -2.70. The first-order valence-electron chi connectivity index (χ1n) is 9.06. The minimum Gasteiger partial charge on any atom is -0.362 e. The first-order valence-corrected chi connectivity index (χ1v) is 10.3. The molecule has 1 atom stereocenters. The quantitative estimate of drug-likeness (QED) is 0.385. The number of rotatable bonds is 6. The molecule has 2 aromatic carbocycles. The van der Waals surface area contributed by atoms with Crippen molar-refractivity contribution in [2.45, 2.75) is 12.5 Å². The van der Waals surface area contributed by atoms with Crippen LogP contribution in [0.25, 0.3) is 10.9 Å². The SMILES string of the molecule is Fc1ccc(CNC(=S)NC[C@H](c2cccs2)c2c[nH]c3ccccc23)cc1. The lowest BCUT2D eigenvalue weighted by Crippen LogP contribution is -2.37. The molecule has 0 unspecified atom stereocenters. The number of benzene rings is 2. The van der Waals surface area contributed by atoms with Crippen LogP contribution >= 0.6 is 23.6 Å². The summed E-state index contributed by atoms with van der Waals surface area (Å²) in [5.74, 6) is -0.0382. The van der Waals surface area contributed by atoms with E-state index in [-0.39, 0.29) is 11.7 Å². The smallest absolute Gasteiger partial charge is 0.166 e. The van der Waals surface area contributed by atoms with Crippen molar-refractivity contribution < 1.29 is 4.39 Å². The van der Waals surface area contributed by atoms with E-state index in [1.165, 1.54) is 28.0 Å². The summed E-state index contributed by atoms with van der Waals surface area (Å²) in [6.45, 7) is 1.25. The zero-order valence-electron chi connectivity index (χ0n) is 15.1. The van der Waals surface area contributed by atoms with Gasteiger partial charge < -0.3 is 15.6 Å². The van der Waals surface area contributed by atoms with Gasteiger partial charge in [-0.05, 0) is 53.0 Å². The molecule has 4 aromatic rings. The molecule has 3 nitrogen and oxygen atoms in total. The monoisotopic (exact) mass is 409 g/mol. The van der Waals surface area contributed by atoms with Gasteiger partial charge in [-0.25, -0.2) is 4.39 Å². The molecule has 0 spiro atoms. The van der Waals surface area contributed by atoms with Gasteiger partial charge in [-0.1, -0.05) is 36.4 Å². The highest BCUT2D eigenvalue weighted by Gasteiger charge is 2.19. The van der Waals surface area contributed by atoms with Crippen LogP contribution in [-0.2, 0) is 6.54 Å². The summed E-state index contributed by atoms with van der Waals surface area (Å²) in [5, 5.41) is 10.5. The molecule has 0 fully saturated rings. The van der Waals surface area contributed by atoms with Crippen molar-refractivity contribution in [1.82, 2.24) is 15.6 Å². The van der Waals surface area contributed by atoms with E-state index < -0.39 is 0 Å². The Labute approximate surface area is 172 Å². The van der Waals surface area contributed by atoms with E-state index in [2.05, 4.69) is 57.5 Å². The van der Waals surface area contributed by atoms with Crippen LogP contribution in [0.5, 0.6) is 0 Å². The van der Waals surface area contributed by atoms with Crippen molar-refractivity contribution in [2.24, 2.45) is 0 Å². The number of thiocarbonyl (C=S) groups is 1. The van der Waals surface area contributed by atoms with Gasteiger partial charge in [0.1, 0.15) is 5.82 Å². The van der Waals surface area contributed by atoms with Gasteiger partial charge in [0.25, 0.3) is 0 Å². The molecule has 6 heteroatoms. The molecule has 0 saturated carbocycles. The van der Waals surface area contributed by atoms with Gasteiger partial charge in [0.15, 0.2) is 5.11 Å². The lowest BCUT2D eigenvalue weighted by molar-refractivity contribution is 0.626. The lowest BCUT2D eigenvalue weighted by atomic mass is 9.97. The maximum atomic E-state index is 13.0. The molecule has 0 saturated heterocycles. The Balaban J connectivity index is 1.45. The highest BCUT2D eigenvalue weighted by Crippen LogP contribution is 2.32. The second kappa shape index (κ2) is 8.54. The summed E-state index contributed by atoms with van der Waals surface area (Å²) in [4.78, 5) is 4.66. The summed E-state index contributed by atoms with van der Waals surface area (Å²) >= 11 is 7.20. The molecule has 28 heavy (non-hydrogen) atoms. The fraction of sp³-hybridized carbons (Fsp3) is 0.136. The molecule has 142 valence electrons. The minimum atomic E-state index is -0.234. The molecule has 0 aliphatic rings. The number of nitrogens with one attached hydrogen (secondary N) is 3. The molecule has 0 bridgehead atoms. The van der Waals surface area contributed by atoms with Crippen LogP contribution in [0.15, 0.2) is 72.2 Å². The van der Waals surface area contributed by atoms with Gasteiger partial charge in [-0.15, -0.1) is 11.3 Å². The van der Waals surface area contributed by atoms with E-state index in [4.69, 9.17) is 12.2 Å². The Morgan fingerprint density at radius 1 is 1.04 bits per heavy atom. The number of para-hydroxylation sites is 1. The minimum absolute atomic E-state index is 0.196. The van der Waals surface area contributed by atoms with Gasteiger partial charge in [0, 0.05) is 41.0 Å². The summed E-state index contributed by atoms with van der Waals surface area (Å²) in [6, 6.07) is 19.0. The normalized spacial score (nSPS) is 12.0. The van der Waals surface area contributed by atoms with Crippen molar-refractivity contribution in [2.75, 3.05) is 6.54 Å². The van der Waals surface area contributed by atoms with Crippen LogP contribution in [0.4, 0.5) is 4.39 Å². The van der Waals surface area contributed by atoms with Crippen LogP contribution in [0.1, 0.15) is 21.9 Å². The third kappa shape index (κ3) is 4.24. The highest BCUT2D eigenvalue weighted by atomic mass is 32.1. The van der Waals surface area contributed by atoms with Crippen molar-refractivity contribution in [1.29, 1.82) is 0 Å². The van der Waals surface area contributed by atoms with Crippen molar-refractivity contribution in [3.8, 4) is 0 Å². The first-order chi connectivity index (χ1) is 13.7. The zero-order valence-corrected chi connectivity index (χ0v) is 16.7. The largest absolute Gasteiger partial charge is 0.362 e. The molecular formula is C22H20FN3S2. The molecule has 0 amide bonds.